The molecule has 2 aromatic heterocycles. The van der Waals surface area contributed by atoms with E-state index in [-0.39, 0.29) is 19.3 Å². The molecule has 14 heteroatoms. The third-order valence-corrected chi connectivity index (χ3v) is 7.78. The van der Waals surface area contributed by atoms with E-state index in [9.17, 15) is 29.1 Å². The van der Waals surface area contributed by atoms with Gasteiger partial charge in [0.05, 0.1) is 12.5 Å². The zero-order valence-corrected chi connectivity index (χ0v) is 25.3. The summed E-state index contributed by atoms with van der Waals surface area (Å²) in [5, 5.41) is 19.0. The number of carboxylic acids is 1. The molecule has 4 amide bonds. The van der Waals surface area contributed by atoms with E-state index in [4.69, 9.17) is 17.2 Å². The molecule has 4 unspecified atom stereocenters. The van der Waals surface area contributed by atoms with Gasteiger partial charge in [0, 0.05) is 40.6 Å². The number of rotatable bonds is 17. The lowest BCUT2D eigenvalue weighted by Crippen LogP contribution is -2.58. The Morgan fingerprint density at radius 1 is 0.717 bits per heavy atom. The molecule has 4 rings (SSSR count). The lowest BCUT2D eigenvalue weighted by molar-refractivity contribution is -0.143. The lowest BCUT2D eigenvalue weighted by Gasteiger charge is -2.25. The van der Waals surface area contributed by atoms with Crippen molar-refractivity contribution in [1.29, 1.82) is 0 Å². The number of unbranched alkanes of at least 4 members (excludes halogenated alkanes) is 1. The number of aliphatic carboxylic acids is 1. The zero-order valence-electron chi connectivity index (χ0n) is 25.3. The van der Waals surface area contributed by atoms with E-state index in [0.29, 0.717) is 19.4 Å². The van der Waals surface area contributed by atoms with Crippen LogP contribution in [0.4, 0.5) is 0 Å². The summed E-state index contributed by atoms with van der Waals surface area (Å²) in [4.78, 5) is 69.8. The number of aromatic nitrogens is 2. The van der Waals surface area contributed by atoms with E-state index < -0.39 is 60.2 Å². The van der Waals surface area contributed by atoms with Gasteiger partial charge in [-0.1, -0.05) is 36.4 Å². The van der Waals surface area contributed by atoms with Crippen molar-refractivity contribution >= 4 is 51.4 Å². The van der Waals surface area contributed by atoms with E-state index in [0.717, 1.165) is 32.9 Å². The molecule has 14 nitrogen and oxygen atoms in total. The molecule has 0 saturated carbocycles. The van der Waals surface area contributed by atoms with Gasteiger partial charge < -0.3 is 48.2 Å². The van der Waals surface area contributed by atoms with Crippen LogP contribution in [0, 0.1) is 0 Å². The van der Waals surface area contributed by atoms with Crippen LogP contribution in [0.2, 0.25) is 0 Å². The van der Waals surface area contributed by atoms with E-state index in [2.05, 4.69) is 25.9 Å². The molecule has 0 spiro atoms. The van der Waals surface area contributed by atoms with Gasteiger partial charge in [-0.15, -0.1) is 0 Å². The molecule has 4 atom stereocenters. The molecule has 0 radical (unpaired) electrons. The molecule has 12 N–H and O–H groups in total. The number of fused-ring (bicyclic) bond motifs is 2. The third-order valence-electron chi connectivity index (χ3n) is 7.78. The average molecular weight is 633 g/mol. The Hall–Kier alpha value is -5.21. The quantitative estimate of drug-likeness (QED) is 0.0731. The normalized spacial score (nSPS) is 13.9. The topological polar surface area (TPSA) is 251 Å². The van der Waals surface area contributed by atoms with Crippen LogP contribution in [-0.4, -0.2) is 75.4 Å². The number of primary amides is 1. The van der Waals surface area contributed by atoms with E-state index >= 15 is 0 Å². The molecule has 244 valence electrons. The highest BCUT2D eigenvalue weighted by Crippen LogP contribution is 2.21. The van der Waals surface area contributed by atoms with Crippen molar-refractivity contribution in [2.24, 2.45) is 17.2 Å². The number of nitrogens with one attached hydrogen (secondary N) is 5. The van der Waals surface area contributed by atoms with Crippen LogP contribution in [-0.2, 0) is 36.8 Å². The number of carbonyl (C=O) groups excluding carboxylic acids is 4. The molecule has 2 aromatic carbocycles. The molecule has 0 bridgehead atoms. The molecule has 0 aliphatic carbocycles. The van der Waals surface area contributed by atoms with Gasteiger partial charge in [0.25, 0.3) is 0 Å². The SMILES string of the molecule is NCCCCC(NC(=O)C(Cc1c[nH]c2ccccc12)NC(=O)C(N)Cc1c[nH]c2ccccc12)C(=O)NC(CC(N)=O)C(=O)O. The number of aromatic amines is 2. The fourth-order valence-corrected chi connectivity index (χ4v) is 5.35. The summed E-state index contributed by atoms with van der Waals surface area (Å²) in [5.41, 5.74) is 20.4. The van der Waals surface area contributed by atoms with Crippen LogP contribution in [0.25, 0.3) is 21.8 Å². The number of para-hydroxylation sites is 2. The van der Waals surface area contributed by atoms with Crippen LogP contribution in [0.3, 0.4) is 0 Å². The number of carbonyl (C=O) groups is 5. The van der Waals surface area contributed by atoms with Crippen LogP contribution >= 0.6 is 0 Å². The predicted octanol–water partition coefficient (Wildman–Crippen LogP) is 0.305. The molecule has 0 saturated heterocycles. The first-order chi connectivity index (χ1) is 22.1. The third kappa shape index (κ3) is 8.70. The number of carboxylic acid groups (broad SMARTS) is 1. The second kappa shape index (κ2) is 15.7. The van der Waals surface area contributed by atoms with Crippen molar-refractivity contribution in [3.05, 3.63) is 72.1 Å². The lowest BCUT2D eigenvalue weighted by atomic mass is 10.0. The minimum Gasteiger partial charge on any atom is -0.480 e. The minimum atomic E-state index is -1.58. The van der Waals surface area contributed by atoms with Gasteiger partial charge in [-0.2, -0.15) is 0 Å². The smallest absolute Gasteiger partial charge is 0.326 e. The largest absolute Gasteiger partial charge is 0.480 e. The van der Waals surface area contributed by atoms with Crippen molar-refractivity contribution in [2.45, 2.75) is 62.7 Å². The molecule has 4 aromatic rings. The minimum absolute atomic E-state index is 0.0674. The number of hydrogen-bond donors (Lipinski definition) is 9. The number of H-pyrrole nitrogens is 2. The van der Waals surface area contributed by atoms with Crippen LogP contribution in [0.15, 0.2) is 60.9 Å². The molecule has 2 heterocycles. The Morgan fingerprint density at radius 3 is 1.80 bits per heavy atom. The summed E-state index contributed by atoms with van der Waals surface area (Å²) in [6.45, 7) is 0.343. The first-order valence-corrected chi connectivity index (χ1v) is 15.0. The fraction of sp³-hybridized carbons (Fsp3) is 0.344. The zero-order chi connectivity index (χ0) is 33.2. The first kappa shape index (κ1) is 33.7. The first-order valence-electron chi connectivity index (χ1n) is 15.0. The number of benzene rings is 2. The van der Waals surface area contributed by atoms with Crippen molar-refractivity contribution < 1.29 is 29.1 Å². The maximum atomic E-state index is 13.8. The van der Waals surface area contributed by atoms with Gasteiger partial charge in [-0.3, -0.25) is 19.2 Å². The summed E-state index contributed by atoms with van der Waals surface area (Å²) in [6, 6.07) is 10.2. The van der Waals surface area contributed by atoms with Crippen molar-refractivity contribution in [1.82, 2.24) is 25.9 Å². The summed E-state index contributed by atoms with van der Waals surface area (Å²) >= 11 is 0. The Labute approximate surface area is 264 Å². The molecule has 46 heavy (non-hydrogen) atoms. The molecule has 0 fully saturated rings. The second-order valence-corrected chi connectivity index (χ2v) is 11.2. The molecular weight excluding hydrogens is 592 g/mol. The Balaban J connectivity index is 1.55. The summed E-state index contributed by atoms with van der Waals surface area (Å²) in [5.74, 6) is -4.42. The van der Waals surface area contributed by atoms with Gasteiger partial charge >= 0.3 is 5.97 Å². The Bertz CT molecular complexity index is 1700. The van der Waals surface area contributed by atoms with Gasteiger partial charge in [0.2, 0.25) is 23.6 Å². The maximum Gasteiger partial charge on any atom is 0.326 e. The summed E-state index contributed by atoms with van der Waals surface area (Å²) in [6.07, 6.45) is 4.30. The van der Waals surface area contributed by atoms with Crippen molar-refractivity contribution in [3.8, 4) is 0 Å². The highest BCUT2D eigenvalue weighted by molar-refractivity contribution is 5.96. The summed E-state index contributed by atoms with van der Waals surface area (Å²) < 4.78 is 0. The van der Waals surface area contributed by atoms with Crippen LogP contribution in [0.1, 0.15) is 36.8 Å². The standard InChI is InChI=1S/C32H40N8O6/c33-12-6-5-11-25(30(43)40-27(32(45)46)15-28(35)41)38-31(44)26(14-19-17-37-24-10-4-2-8-21(19)24)39-29(42)22(34)13-18-16-36-23-9-3-1-7-20(18)23/h1-4,7-10,16-17,22,25-27,36-37H,5-6,11-15,33-34H2,(H2,35,41)(H,38,44)(H,39,42)(H,40,43)(H,45,46). The van der Waals surface area contributed by atoms with Crippen LogP contribution < -0.4 is 33.2 Å². The fourth-order valence-electron chi connectivity index (χ4n) is 5.35. The summed E-state index contributed by atoms with van der Waals surface area (Å²) in [7, 11) is 0. The van der Waals surface area contributed by atoms with Gasteiger partial charge in [-0.05, 0) is 55.5 Å². The maximum absolute atomic E-state index is 13.8. The second-order valence-electron chi connectivity index (χ2n) is 11.2. The molecular formula is C32H40N8O6. The number of hydrogen-bond acceptors (Lipinski definition) is 7. The Kier molecular flexibility index (Phi) is 11.5. The number of amides is 4. The van der Waals surface area contributed by atoms with Crippen molar-refractivity contribution in [2.75, 3.05) is 6.54 Å². The van der Waals surface area contributed by atoms with E-state index in [1.165, 1.54) is 0 Å². The molecule has 0 aliphatic heterocycles. The van der Waals surface area contributed by atoms with Gasteiger partial charge in [0.15, 0.2) is 0 Å². The van der Waals surface area contributed by atoms with Crippen molar-refractivity contribution in [3.63, 3.8) is 0 Å². The van der Waals surface area contributed by atoms with Gasteiger partial charge in [0.1, 0.15) is 18.1 Å². The predicted molar refractivity (Wildman–Crippen MR) is 172 cm³/mol. The monoisotopic (exact) mass is 632 g/mol. The van der Waals surface area contributed by atoms with Gasteiger partial charge in [-0.25, -0.2) is 4.79 Å². The van der Waals surface area contributed by atoms with E-state index in [1.54, 1.807) is 12.4 Å². The van der Waals surface area contributed by atoms with Crippen LogP contribution in [0.5, 0.6) is 0 Å². The number of nitrogens with two attached hydrogens (primary N) is 3. The molecule has 0 aliphatic rings. The Morgan fingerprint density at radius 2 is 1.24 bits per heavy atom. The highest BCUT2D eigenvalue weighted by atomic mass is 16.4. The highest BCUT2D eigenvalue weighted by Gasteiger charge is 2.31. The van der Waals surface area contributed by atoms with E-state index in [1.807, 2.05) is 48.5 Å². The average Bonchev–Trinajstić information content (AvgIpc) is 3.63.